The lowest BCUT2D eigenvalue weighted by Gasteiger charge is -2.37. The Balaban J connectivity index is 2.13. The van der Waals surface area contributed by atoms with Crippen molar-refractivity contribution >= 4 is 6.09 Å². The first kappa shape index (κ1) is 14.8. The Morgan fingerprint density at radius 3 is 2.70 bits per heavy atom. The van der Waals surface area contributed by atoms with Crippen LogP contribution in [0.1, 0.15) is 25.0 Å². The third kappa shape index (κ3) is 3.70. The van der Waals surface area contributed by atoms with Gasteiger partial charge >= 0.3 is 6.09 Å². The highest BCUT2D eigenvalue weighted by molar-refractivity contribution is 5.70. The quantitative estimate of drug-likeness (QED) is 0.797. The smallest absolute Gasteiger partial charge is 0.408 e. The van der Waals surface area contributed by atoms with Gasteiger partial charge in [0, 0.05) is 20.3 Å². The lowest BCUT2D eigenvalue weighted by atomic mass is 10.1. The number of carbonyl (C=O) groups is 1. The highest BCUT2D eigenvalue weighted by Crippen LogP contribution is 2.24. The van der Waals surface area contributed by atoms with Crippen LogP contribution in [-0.2, 0) is 6.54 Å². The van der Waals surface area contributed by atoms with E-state index >= 15 is 0 Å². The van der Waals surface area contributed by atoms with Gasteiger partial charge in [-0.1, -0.05) is 0 Å². The summed E-state index contributed by atoms with van der Waals surface area (Å²) >= 11 is 0. The van der Waals surface area contributed by atoms with E-state index in [1.807, 2.05) is 6.07 Å². The third-order valence-electron chi connectivity index (χ3n) is 3.84. The second-order valence-electron chi connectivity index (χ2n) is 6.00. The number of amides is 1. The van der Waals surface area contributed by atoms with E-state index < -0.39 is 0 Å². The van der Waals surface area contributed by atoms with E-state index in [-0.39, 0.29) is 6.09 Å². The van der Waals surface area contributed by atoms with Crippen LogP contribution in [0.2, 0.25) is 0 Å². The van der Waals surface area contributed by atoms with Crippen LogP contribution in [0.4, 0.5) is 4.79 Å². The molecule has 0 atom stereocenters. The Bertz CT molecular complexity index is 468. The first-order chi connectivity index (χ1) is 9.50. The monoisotopic (exact) mass is 278 g/mol. The van der Waals surface area contributed by atoms with Crippen LogP contribution >= 0.6 is 0 Å². The molecule has 0 aliphatic carbocycles. The number of ether oxygens (including phenoxy) is 1. The minimum absolute atomic E-state index is 0.361. The van der Waals surface area contributed by atoms with Gasteiger partial charge in [-0.15, -0.1) is 0 Å². The molecule has 0 spiro atoms. The average molecular weight is 278 g/mol. The Labute approximate surface area is 120 Å². The molecule has 2 heterocycles. The third-order valence-corrected chi connectivity index (χ3v) is 3.84. The largest absolute Gasteiger partial charge is 0.414 e. The lowest BCUT2D eigenvalue weighted by Crippen LogP contribution is -2.47. The van der Waals surface area contributed by atoms with Crippen LogP contribution in [0.3, 0.4) is 0 Å². The molecule has 0 saturated carbocycles. The summed E-state index contributed by atoms with van der Waals surface area (Å²) in [6, 6.07) is 3.62. The first-order valence-corrected chi connectivity index (χ1v) is 7.17. The van der Waals surface area contributed by atoms with Gasteiger partial charge in [0.2, 0.25) is 0 Å². The van der Waals surface area contributed by atoms with Crippen molar-refractivity contribution in [2.24, 2.45) is 0 Å². The van der Waals surface area contributed by atoms with Crippen LogP contribution in [0.25, 0.3) is 0 Å². The van der Waals surface area contributed by atoms with Gasteiger partial charge in [-0.3, -0.25) is 4.98 Å². The predicted octanol–water partition coefficient (Wildman–Crippen LogP) is 2.27. The summed E-state index contributed by atoms with van der Waals surface area (Å²) in [5.74, 6) is 0.580. The van der Waals surface area contributed by atoms with E-state index in [1.54, 1.807) is 26.4 Å². The van der Waals surface area contributed by atoms with Crippen LogP contribution in [-0.4, -0.2) is 54.7 Å². The molecule has 1 aromatic heterocycles. The van der Waals surface area contributed by atoms with Gasteiger partial charge in [0.25, 0.3) is 0 Å². The molecule has 5 heteroatoms. The average Bonchev–Trinajstić information content (AvgIpc) is 2.41. The molecule has 2 rings (SSSR count). The number of carbonyl (C=O) groups excluding carboxylic acids is 1. The van der Waals surface area contributed by atoms with Gasteiger partial charge in [-0.05, 0) is 31.4 Å². The molecule has 0 aromatic carbocycles. The highest BCUT2D eigenvalue weighted by atomic mass is 16.6. The number of piperidine rings is 1. The second kappa shape index (κ2) is 6.22. The van der Waals surface area contributed by atoms with E-state index in [0.29, 0.717) is 5.75 Å². The molecule has 1 fully saturated rings. The topological polar surface area (TPSA) is 42.4 Å². The van der Waals surface area contributed by atoms with Gasteiger partial charge in [-0.25, -0.2) is 4.79 Å². The molecule has 1 saturated heterocycles. The number of pyridine rings is 1. The summed E-state index contributed by atoms with van der Waals surface area (Å²) in [6.07, 6.45) is 5.24. The van der Waals surface area contributed by atoms with Crippen molar-refractivity contribution in [2.75, 3.05) is 34.2 Å². The number of rotatable bonds is 3. The Hall–Kier alpha value is -1.62. The number of hydrogen-bond acceptors (Lipinski definition) is 3. The zero-order valence-corrected chi connectivity index (χ0v) is 12.6. The molecule has 20 heavy (non-hydrogen) atoms. The summed E-state index contributed by atoms with van der Waals surface area (Å²) in [5, 5.41) is 0. The maximum Gasteiger partial charge on any atom is 0.414 e. The van der Waals surface area contributed by atoms with Crippen molar-refractivity contribution in [3.8, 4) is 5.75 Å². The summed E-state index contributed by atoms with van der Waals surface area (Å²) in [6.45, 7) is 3.15. The van der Waals surface area contributed by atoms with E-state index in [4.69, 9.17) is 4.74 Å². The standard InChI is InChI=1S/C15H24N3O2/c1-17(2)15(19)20-14-8-7-9-16-13(14)12-18(3)10-5-4-6-11-18/h7-9H,4-6,10-12H2,1-3H3/q+1. The highest BCUT2D eigenvalue weighted by Gasteiger charge is 2.27. The van der Waals surface area contributed by atoms with Crippen molar-refractivity contribution in [3.05, 3.63) is 24.0 Å². The molecule has 110 valence electrons. The van der Waals surface area contributed by atoms with Crippen LogP contribution in [0, 0.1) is 0 Å². The molecule has 0 radical (unpaired) electrons. The number of quaternary nitrogens is 1. The zero-order valence-electron chi connectivity index (χ0n) is 12.6. The summed E-state index contributed by atoms with van der Waals surface area (Å²) in [7, 11) is 5.61. The van der Waals surface area contributed by atoms with Gasteiger partial charge in [0.05, 0.1) is 20.1 Å². The summed E-state index contributed by atoms with van der Waals surface area (Å²) in [5.41, 5.74) is 0.868. The van der Waals surface area contributed by atoms with Crippen molar-refractivity contribution in [2.45, 2.75) is 25.8 Å². The van der Waals surface area contributed by atoms with Crippen LogP contribution in [0.5, 0.6) is 5.75 Å². The fraction of sp³-hybridized carbons (Fsp3) is 0.600. The van der Waals surface area contributed by atoms with E-state index in [1.165, 1.54) is 24.2 Å². The number of aromatic nitrogens is 1. The molecule has 5 nitrogen and oxygen atoms in total. The minimum Gasteiger partial charge on any atom is -0.408 e. The molecule has 0 bridgehead atoms. The van der Waals surface area contributed by atoms with Gasteiger partial charge in [0.15, 0.2) is 5.75 Å². The number of likely N-dealkylation sites (tertiary alicyclic amines) is 1. The fourth-order valence-corrected chi connectivity index (χ4v) is 2.62. The van der Waals surface area contributed by atoms with E-state index in [2.05, 4.69) is 12.0 Å². The van der Waals surface area contributed by atoms with E-state index in [9.17, 15) is 4.79 Å². The SMILES string of the molecule is CN(C)C(=O)Oc1cccnc1C[N+]1(C)CCCCC1. The molecule has 1 amide bonds. The first-order valence-electron chi connectivity index (χ1n) is 7.17. The molecular weight excluding hydrogens is 254 g/mol. The van der Waals surface area contributed by atoms with E-state index in [0.717, 1.165) is 29.8 Å². The van der Waals surface area contributed by atoms with Gasteiger partial charge in [-0.2, -0.15) is 0 Å². The molecule has 1 aliphatic rings. The van der Waals surface area contributed by atoms with Crippen molar-refractivity contribution in [1.82, 2.24) is 9.88 Å². The summed E-state index contributed by atoms with van der Waals surface area (Å²) in [4.78, 5) is 17.6. The molecule has 0 N–H and O–H groups in total. The molecular formula is C15H24N3O2+. The van der Waals surface area contributed by atoms with Crippen LogP contribution in [0.15, 0.2) is 18.3 Å². The zero-order chi connectivity index (χ0) is 14.6. The lowest BCUT2D eigenvalue weighted by molar-refractivity contribution is -0.927. The molecule has 1 aliphatic heterocycles. The number of hydrogen-bond donors (Lipinski definition) is 0. The minimum atomic E-state index is -0.361. The molecule has 1 aromatic rings. The predicted molar refractivity (Wildman–Crippen MR) is 77.4 cm³/mol. The van der Waals surface area contributed by atoms with Gasteiger partial charge < -0.3 is 14.1 Å². The van der Waals surface area contributed by atoms with Gasteiger partial charge in [0.1, 0.15) is 12.2 Å². The normalized spacial score (nSPS) is 17.6. The van der Waals surface area contributed by atoms with Crippen molar-refractivity contribution in [1.29, 1.82) is 0 Å². The Kier molecular flexibility index (Phi) is 4.60. The second-order valence-corrected chi connectivity index (χ2v) is 6.00. The van der Waals surface area contributed by atoms with Crippen molar-refractivity contribution in [3.63, 3.8) is 0 Å². The fourth-order valence-electron chi connectivity index (χ4n) is 2.62. The number of nitrogens with zero attached hydrogens (tertiary/aromatic N) is 3. The van der Waals surface area contributed by atoms with Crippen LogP contribution < -0.4 is 4.74 Å². The maximum absolute atomic E-state index is 11.7. The molecule has 0 unspecified atom stereocenters. The van der Waals surface area contributed by atoms with Crippen molar-refractivity contribution < 1.29 is 14.0 Å². The Morgan fingerprint density at radius 2 is 2.05 bits per heavy atom. The Morgan fingerprint density at radius 1 is 1.35 bits per heavy atom. The maximum atomic E-state index is 11.7. The summed E-state index contributed by atoms with van der Waals surface area (Å²) < 4.78 is 6.38.